The molecule has 2 amide bonds. The lowest BCUT2D eigenvalue weighted by molar-refractivity contribution is -0.119. The summed E-state index contributed by atoms with van der Waals surface area (Å²) in [6.07, 6.45) is 1.11. The molecule has 1 N–H and O–H groups in total. The number of piperidine rings is 1. The third-order valence-corrected chi connectivity index (χ3v) is 4.63. The smallest absolute Gasteiger partial charge is 0.409 e. The van der Waals surface area contributed by atoms with Crippen LogP contribution in [0, 0.1) is 5.82 Å². The van der Waals surface area contributed by atoms with E-state index in [4.69, 9.17) is 4.74 Å². The van der Waals surface area contributed by atoms with Crippen LogP contribution in [0.4, 0.5) is 9.18 Å². The molecule has 0 aromatic heterocycles. The molecule has 0 radical (unpaired) electrons. The number of rotatable bonds is 5. The minimum atomic E-state index is -0.312. The largest absolute Gasteiger partial charge is 0.450 e. The lowest BCUT2D eigenvalue weighted by Gasteiger charge is -2.31. The maximum Gasteiger partial charge on any atom is 0.409 e. The summed E-state index contributed by atoms with van der Waals surface area (Å²) in [6.45, 7) is 3.29. The molecular weight excluding hydrogens is 319 g/mol. The van der Waals surface area contributed by atoms with Crippen LogP contribution in [0.3, 0.4) is 0 Å². The Morgan fingerprint density at radius 2 is 2.04 bits per heavy atom. The van der Waals surface area contributed by atoms with Crippen molar-refractivity contribution in [1.29, 1.82) is 0 Å². The predicted octanol–water partition coefficient (Wildman–Crippen LogP) is 2.65. The van der Waals surface area contributed by atoms with Gasteiger partial charge in [0.1, 0.15) is 5.82 Å². The third kappa shape index (κ3) is 5.42. The van der Waals surface area contributed by atoms with Crippen LogP contribution >= 0.6 is 11.8 Å². The van der Waals surface area contributed by atoms with Gasteiger partial charge in [-0.1, -0.05) is 12.1 Å². The molecule has 1 heterocycles. The van der Waals surface area contributed by atoms with E-state index in [-0.39, 0.29) is 29.6 Å². The average Bonchev–Trinajstić information content (AvgIpc) is 2.55. The van der Waals surface area contributed by atoms with Crippen LogP contribution in [0.2, 0.25) is 0 Å². The Bertz CT molecular complexity index is 548. The molecule has 7 heteroatoms. The standard InChI is InChI=1S/C16H21FN2O3S/c1-2-22-16(21)19-9-7-12(8-10-19)18-15(20)11-23-14-6-4-3-5-13(14)17/h3-6,12H,2,7-11H2,1H3,(H,18,20). The summed E-state index contributed by atoms with van der Waals surface area (Å²) in [4.78, 5) is 25.7. The molecule has 0 unspecified atom stereocenters. The molecule has 23 heavy (non-hydrogen) atoms. The zero-order valence-corrected chi connectivity index (χ0v) is 13.9. The Hall–Kier alpha value is -1.76. The van der Waals surface area contributed by atoms with E-state index in [1.807, 2.05) is 0 Å². The fourth-order valence-electron chi connectivity index (χ4n) is 2.40. The van der Waals surface area contributed by atoms with Crippen molar-refractivity contribution in [3.63, 3.8) is 0 Å². The molecule has 5 nitrogen and oxygen atoms in total. The Morgan fingerprint density at radius 1 is 1.35 bits per heavy atom. The quantitative estimate of drug-likeness (QED) is 0.837. The van der Waals surface area contributed by atoms with Gasteiger partial charge in [0.15, 0.2) is 0 Å². The van der Waals surface area contributed by atoms with E-state index in [0.717, 1.165) is 0 Å². The minimum absolute atomic E-state index is 0.0504. The molecule has 0 atom stereocenters. The first-order valence-electron chi connectivity index (χ1n) is 7.68. The van der Waals surface area contributed by atoms with Crippen molar-refractivity contribution >= 4 is 23.8 Å². The number of nitrogens with zero attached hydrogens (tertiary/aromatic N) is 1. The first-order valence-corrected chi connectivity index (χ1v) is 8.67. The maximum atomic E-state index is 13.5. The van der Waals surface area contributed by atoms with E-state index in [9.17, 15) is 14.0 Å². The molecule has 1 aliphatic rings. The fourth-order valence-corrected chi connectivity index (χ4v) is 3.15. The van der Waals surface area contributed by atoms with Crippen molar-refractivity contribution in [1.82, 2.24) is 10.2 Å². The molecule has 126 valence electrons. The number of amides is 2. The van der Waals surface area contributed by atoms with Gasteiger partial charge in [-0.15, -0.1) is 11.8 Å². The highest BCUT2D eigenvalue weighted by Crippen LogP contribution is 2.21. The molecule has 1 aliphatic heterocycles. The van der Waals surface area contributed by atoms with Crippen LogP contribution in [-0.4, -0.2) is 48.4 Å². The Balaban J connectivity index is 1.71. The van der Waals surface area contributed by atoms with Gasteiger partial charge in [-0.05, 0) is 31.9 Å². The lowest BCUT2D eigenvalue weighted by atomic mass is 10.1. The Kier molecular flexibility index (Phi) is 6.70. The van der Waals surface area contributed by atoms with Crippen molar-refractivity contribution in [3.05, 3.63) is 30.1 Å². The van der Waals surface area contributed by atoms with Gasteiger partial charge in [0.05, 0.1) is 12.4 Å². The first kappa shape index (κ1) is 17.6. The predicted molar refractivity (Wildman–Crippen MR) is 86.9 cm³/mol. The first-order chi connectivity index (χ1) is 11.1. The van der Waals surface area contributed by atoms with E-state index < -0.39 is 0 Å². The molecule has 0 aliphatic carbocycles. The number of carbonyl (C=O) groups is 2. The Morgan fingerprint density at radius 3 is 2.70 bits per heavy atom. The number of ether oxygens (including phenoxy) is 1. The summed E-state index contributed by atoms with van der Waals surface area (Å²) < 4.78 is 18.4. The topological polar surface area (TPSA) is 58.6 Å². The van der Waals surface area contributed by atoms with Crippen LogP contribution in [0.1, 0.15) is 19.8 Å². The van der Waals surface area contributed by atoms with E-state index in [2.05, 4.69) is 5.32 Å². The SMILES string of the molecule is CCOC(=O)N1CCC(NC(=O)CSc2ccccc2F)CC1. The second-order valence-corrected chi connectivity index (χ2v) is 6.26. The number of hydrogen-bond donors (Lipinski definition) is 1. The van der Waals surface area contributed by atoms with Crippen molar-refractivity contribution in [3.8, 4) is 0 Å². The zero-order chi connectivity index (χ0) is 16.7. The molecule has 1 aromatic rings. The van der Waals surface area contributed by atoms with Crippen LogP contribution in [0.5, 0.6) is 0 Å². The van der Waals surface area contributed by atoms with Gasteiger partial charge in [-0.2, -0.15) is 0 Å². The van der Waals surface area contributed by atoms with Crippen LogP contribution in [0.15, 0.2) is 29.2 Å². The van der Waals surface area contributed by atoms with Gasteiger partial charge in [0.25, 0.3) is 0 Å². The average molecular weight is 340 g/mol. The second-order valence-electron chi connectivity index (χ2n) is 5.25. The number of halogens is 1. The Labute approximate surface area is 139 Å². The van der Waals surface area contributed by atoms with Crippen molar-refractivity contribution in [2.75, 3.05) is 25.4 Å². The molecule has 0 bridgehead atoms. The van der Waals surface area contributed by atoms with Gasteiger partial charge in [0, 0.05) is 24.0 Å². The summed E-state index contributed by atoms with van der Waals surface area (Å²) >= 11 is 1.18. The highest BCUT2D eigenvalue weighted by atomic mass is 32.2. The molecule has 2 rings (SSSR count). The molecule has 0 saturated carbocycles. The second kappa shape index (κ2) is 8.76. The van der Waals surface area contributed by atoms with Crippen LogP contribution in [-0.2, 0) is 9.53 Å². The summed E-state index contributed by atoms with van der Waals surface area (Å²) in [7, 11) is 0. The van der Waals surface area contributed by atoms with E-state index >= 15 is 0 Å². The third-order valence-electron chi connectivity index (χ3n) is 3.58. The zero-order valence-electron chi connectivity index (χ0n) is 13.1. The van der Waals surface area contributed by atoms with Crippen molar-refractivity contribution < 1.29 is 18.7 Å². The van der Waals surface area contributed by atoms with Crippen LogP contribution < -0.4 is 5.32 Å². The number of benzene rings is 1. The van der Waals surface area contributed by atoms with Gasteiger partial charge in [0.2, 0.25) is 5.91 Å². The van der Waals surface area contributed by atoms with Gasteiger partial charge in [-0.25, -0.2) is 9.18 Å². The van der Waals surface area contributed by atoms with Gasteiger partial charge < -0.3 is 15.0 Å². The van der Waals surface area contributed by atoms with Crippen molar-refractivity contribution in [2.24, 2.45) is 0 Å². The molecule has 0 spiro atoms. The van der Waals surface area contributed by atoms with Gasteiger partial charge in [-0.3, -0.25) is 4.79 Å². The lowest BCUT2D eigenvalue weighted by Crippen LogP contribution is -2.47. The number of likely N-dealkylation sites (tertiary alicyclic amines) is 1. The number of thioether (sulfide) groups is 1. The van der Waals surface area contributed by atoms with E-state index in [1.165, 1.54) is 17.8 Å². The summed E-state index contributed by atoms with van der Waals surface area (Å²) in [5.74, 6) is -0.250. The van der Waals surface area contributed by atoms with Gasteiger partial charge >= 0.3 is 6.09 Å². The van der Waals surface area contributed by atoms with E-state index in [0.29, 0.717) is 37.4 Å². The highest BCUT2D eigenvalue weighted by Gasteiger charge is 2.24. The number of hydrogen-bond acceptors (Lipinski definition) is 4. The number of carbonyl (C=O) groups excluding carboxylic acids is 2. The van der Waals surface area contributed by atoms with Crippen LogP contribution in [0.25, 0.3) is 0 Å². The molecule has 1 saturated heterocycles. The fraction of sp³-hybridized carbons (Fsp3) is 0.500. The normalized spacial score (nSPS) is 15.3. The maximum absolute atomic E-state index is 13.5. The molecule has 1 aromatic carbocycles. The molecule has 1 fully saturated rings. The number of nitrogens with one attached hydrogen (secondary N) is 1. The minimum Gasteiger partial charge on any atom is -0.450 e. The monoisotopic (exact) mass is 340 g/mol. The molecular formula is C16H21FN2O3S. The summed E-state index contributed by atoms with van der Waals surface area (Å²) in [5.41, 5.74) is 0. The summed E-state index contributed by atoms with van der Waals surface area (Å²) in [5, 5.41) is 2.94. The summed E-state index contributed by atoms with van der Waals surface area (Å²) in [6, 6.07) is 6.45. The highest BCUT2D eigenvalue weighted by molar-refractivity contribution is 8.00. The van der Waals surface area contributed by atoms with E-state index in [1.54, 1.807) is 30.0 Å². The van der Waals surface area contributed by atoms with Crippen molar-refractivity contribution in [2.45, 2.75) is 30.7 Å².